The second kappa shape index (κ2) is 9.87. The number of fused-ring (bicyclic) bond motifs is 8. The first kappa shape index (κ1) is 20.6. The van der Waals surface area contributed by atoms with Crippen LogP contribution in [-0.2, 0) is 0 Å². The number of rotatable bonds is 0. The van der Waals surface area contributed by atoms with Gasteiger partial charge in [-0.3, -0.25) is 0 Å². The molecule has 0 atom stereocenters. The average Bonchev–Trinajstić information content (AvgIpc) is 3.18. The van der Waals surface area contributed by atoms with Crippen molar-refractivity contribution in [3.8, 4) is 11.1 Å². The lowest BCUT2D eigenvalue weighted by molar-refractivity contribution is 1.40. The minimum absolute atomic E-state index is 0.188. The van der Waals surface area contributed by atoms with E-state index in [1.165, 1.54) is 33.7 Å². The van der Waals surface area contributed by atoms with Crippen LogP contribution in [0.4, 0.5) is 17.1 Å². The summed E-state index contributed by atoms with van der Waals surface area (Å²) in [6.07, 6.45) is 0. The highest BCUT2D eigenvalue weighted by molar-refractivity contribution is 6.84. The van der Waals surface area contributed by atoms with Crippen molar-refractivity contribution in [2.24, 2.45) is 0 Å². The van der Waals surface area contributed by atoms with E-state index in [1.807, 2.05) is 41.5 Å². The van der Waals surface area contributed by atoms with Gasteiger partial charge in [-0.1, -0.05) is 96.1 Å². The third-order valence-corrected chi connectivity index (χ3v) is 4.42. The zero-order valence-electron chi connectivity index (χ0n) is 17.5. The van der Waals surface area contributed by atoms with E-state index in [2.05, 4.69) is 82.8 Å². The molecule has 2 aliphatic heterocycles. The molecule has 0 fully saturated rings. The van der Waals surface area contributed by atoms with Gasteiger partial charge in [0.2, 0.25) is 0 Å². The van der Waals surface area contributed by atoms with Crippen LogP contribution in [0.5, 0.6) is 0 Å². The third kappa shape index (κ3) is 3.59. The fraction of sp³-hybridized carbons (Fsp3) is 0.250. The highest BCUT2D eigenvalue weighted by Gasteiger charge is 2.41. The van der Waals surface area contributed by atoms with Crippen LogP contribution >= 0.6 is 0 Å². The minimum atomic E-state index is 0.188. The van der Waals surface area contributed by atoms with Gasteiger partial charge in [-0.2, -0.15) is 0 Å². The van der Waals surface area contributed by atoms with Gasteiger partial charge < -0.3 is 10.0 Å². The van der Waals surface area contributed by atoms with Gasteiger partial charge in [0.15, 0.2) is 0 Å². The summed E-state index contributed by atoms with van der Waals surface area (Å²) >= 11 is 0. The molecule has 1 N–H and O–H groups in total. The van der Waals surface area contributed by atoms with Crippen molar-refractivity contribution >= 4 is 29.5 Å². The van der Waals surface area contributed by atoms with Crippen LogP contribution < -0.4 is 15.5 Å². The largest absolute Gasteiger partial charge is 0.414 e. The molecule has 2 heterocycles. The van der Waals surface area contributed by atoms with Crippen molar-refractivity contribution in [3.63, 3.8) is 0 Å². The summed E-state index contributed by atoms with van der Waals surface area (Å²) in [5.41, 5.74) is 7.71. The Balaban J connectivity index is 0.000000400. The van der Waals surface area contributed by atoms with Crippen molar-refractivity contribution in [2.45, 2.75) is 41.5 Å². The van der Waals surface area contributed by atoms with Crippen LogP contribution in [0.25, 0.3) is 11.1 Å². The van der Waals surface area contributed by atoms with Crippen LogP contribution in [-0.4, -0.2) is 6.98 Å². The van der Waals surface area contributed by atoms with Gasteiger partial charge in [-0.25, -0.2) is 0 Å². The summed E-state index contributed by atoms with van der Waals surface area (Å²) in [6, 6.07) is 25.9. The van der Waals surface area contributed by atoms with E-state index in [4.69, 9.17) is 0 Å². The van der Waals surface area contributed by atoms with Crippen molar-refractivity contribution in [2.75, 3.05) is 10.0 Å². The molecule has 0 aliphatic carbocycles. The summed E-state index contributed by atoms with van der Waals surface area (Å²) in [5, 5.41) is 3.66. The van der Waals surface area contributed by atoms with E-state index in [-0.39, 0.29) is 6.98 Å². The molecule has 0 unspecified atom stereocenters. The number of nitrogens with one attached hydrogen (secondary N) is 1. The van der Waals surface area contributed by atoms with Gasteiger partial charge in [0.25, 0.3) is 0 Å². The monoisotopic (exact) mass is 358 g/mol. The molecule has 5 rings (SSSR count). The minimum Gasteiger partial charge on any atom is -0.403 e. The lowest BCUT2D eigenvalue weighted by Gasteiger charge is -2.32. The van der Waals surface area contributed by atoms with Crippen LogP contribution in [0.2, 0.25) is 0 Å². The van der Waals surface area contributed by atoms with Crippen LogP contribution in [0.1, 0.15) is 41.5 Å². The second-order valence-electron chi connectivity index (χ2n) is 5.54. The van der Waals surface area contributed by atoms with E-state index < -0.39 is 0 Å². The maximum Gasteiger partial charge on any atom is 0.414 e. The van der Waals surface area contributed by atoms with Gasteiger partial charge in [-0.05, 0) is 29.2 Å². The molecule has 0 bridgehead atoms. The quantitative estimate of drug-likeness (QED) is 0.450. The predicted molar refractivity (Wildman–Crippen MR) is 124 cm³/mol. The molecule has 3 heteroatoms. The predicted octanol–water partition coefficient (Wildman–Crippen LogP) is 6.70. The summed E-state index contributed by atoms with van der Waals surface area (Å²) < 4.78 is 0. The Bertz CT molecular complexity index is 860. The van der Waals surface area contributed by atoms with Crippen molar-refractivity contribution in [1.82, 2.24) is 0 Å². The van der Waals surface area contributed by atoms with E-state index in [9.17, 15) is 0 Å². The molecular formula is C24H31BN2. The fourth-order valence-electron chi connectivity index (χ4n) is 3.53. The number of hydrogen-bond acceptors (Lipinski definition) is 2. The van der Waals surface area contributed by atoms with Crippen molar-refractivity contribution < 1.29 is 0 Å². The number of hydrogen-bond donors (Lipinski definition) is 1. The molecule has 3 aromatic rings. The topological polar surface area (TPSA) is 15.3 Å². The Morgan fingerprint density at radius 3 is 1.81 bits per heavy atom. The SMILES string of the molecule is CC.CC.CC.c1ccc2c(c1)NB1c3ccccc3-c3ccccc3N12. The van der Waals surface area contributed by atoms with E-state index >= 15 is 0 Å². The highest BCUT2D eigenvalue weighted by Crippen LogP contribution is 2.45. The van der Waals surface area contributed by atoms with Gasteiger partial charge in [0.05, 0.1) is 5.69 Å². The summed E-state index contributed by atoms with van der Waals surface area (Å²) in [6.45, 7) is 12.2. The molecule has 3 aromatic carbocycles. The fourth-order valence-corrected chi connectivity index (χ4v) is 3.53. The summed E-state index contributed by atoms with van der Waals surface area (Å²) in [7, 11) is 0. The Morgan fingerprint density at radius 2 is 1.11 bits per heavy atom. The maximum atomic E-state index is 3.66. The Hall–Kier alpha value is -2.68. The normalized spacial score (nSPS) is 11.5. The van der Waals surface area contributed by atoms with Crippen molar-refractivity contribution in [1.29, 1.82) is 0 Å². The first-order valence-corrected chi connectivity index (χ1v) is 10.3. The van der Waals surface area contributed by atoms with Gasteiger partial charge in [-0.15, -0.1) is 0 Å². The second-order valence-corrected chi connectivity index (χ2v) is 5.54. The van der Waals surface area contributed by atoms with Gasteiger partial charge in [0, 0.05) is 16.9 Å². The van der Waals surface area contributed by atoms with Crippen LogP contribution in [0.3, 0.4) is 0 Å². The lowest BCUT2D eigenvalue weighted by atomic mass is 9.61. The molecule has 0 saturated heterocycles. The number of anilines is 3. The number of benzene rings is 3. The Kier molecular flexibility index (Phi) is 7.54. The first-order chi connectivity index (χ1) is 13.4. The Labute approximate surface area is 165 Å². The molecule has 0 radical (unpaired) electrons. The summed E-state index contributed by atoms with van der Waals surface area (Å²) in [5.74, 6) is 0. The van der Waals surface area contributed by atoms with Crippen LogP contribution in [0, 0.1) is 0 Å². The molecule has 0 amide bonds. The lowest BCUT2D eigenvalue weighted by Crippen LogP contribution is -2.51. The van der Waals surface area contributed by atoms with Gasteiger partial charge in [0.1, 0.15) is 0 Å². The van der Waals surface area contributed by atoms with E-state index in [1.54, 1.807) is 0 Å². The zero-order valence-corrected chi connectivity index (χ0v) is 17.5. The number of para-hydroxylation sites is 3. The molecule has 2 nitrogen and oxygen atoms in total. The van der Waals surface area contributed by atoms with E-state index in [0.717, 1.165) is 0 Å². The van der Waals surface area contributed by atoms with Gasteiger partial charge >= 0.3 is 6.98 Å². The molecule has 2 aliphatic rings. The number of nitrogens with zero attached hydrogens (tertiary/aromatic N) is 1. The summed E-state index contributed by atoms with van der Waals surface area (Å²) in [4.78, 5) is 2.41. The highest BCUT2D eigenvalue weighted by atomic mass is 15.2. The molecule has 0 aromatic heterocycles. The van der Waals surface area contributed by atoms with Crippen molar-refractivity contribution in [3.05, 3.63) is 72.8 Å². The van der Waals surface area contributed by atoms with E-state index in [0.29, 0.717) is 0 Å². The Morgan fingerprint density at radius 1 is 0.593 bits per heavy atom. The maximum absolute atomic E-state index is 3.66. The first-order valence-electron chi connectivity index (χ1n) is 10.3. The molecular weight excluding hydrogens is 327 g/mol. The van der Waals surface area contributed by atoms with Crippen LogP contribution in [0.15, 0.2) is 72.8 Å². The molecule has 0 spiro atoms. The average molecular weight is 358 g/mol. The zero-order chi connectivity index (χ0) is 19.8. The molecule has 0 saturated carbocycles. The standard InChI is InChI=1S/C18H13BN2.3C2H6/c1-3-9-15-13(7-1)14-8-2-5-11-17(14)21-18-12-6-4-10-16(18)20-19(15)21;3*1-2/h1-12,20H;3*1-2H3. The third-order valence-electron chi connectivity index (χ3n) is 4.42. The molecule has 140 valence electrons. The smallest absolute Gasteiger partial charge is 0.403 e. The molecule has 27 heavy (non-hydrogen) atoms.